The largest absolute Gasteiger partial charge is 0.120 e. The van der Waals surface area contributed by atoms with Gasteiger partial charge in [-0.15, -0.1) is 24.7 Å². The average Bonchev–Trinajstić information content (AvgIpc) is 1.68. The Labute approximate surface area is 44.9 Å². The maximum Gasteiger partial charge on any atom is 0.0484 e. The molecule has 0 spiro atoms. The summed E-state index contributed by atoms with van der Waals surface area (Å²) in [7, 11) is 0. The fourth-order valence-corrected chi connectivity index (χ4v) is 0.192. The number of hydrogen-bond donors (Lipinski definition) is 0. The molecule has 0 aliphatic carbocycles. The maximum absolute atomic E-state index is 4.98. The van der Waals surface area contributed by atoms with E-state index in [-0.39, 0.29) is 5.92 Å². The van der Waals surface area contributed by atoms with Crippen molar-refractivity contribution in [1.29, 1.82) is 0 Å². The van der Waals surface area contributed by atoms with Gasteiger partial charge in [0.15, 0.2) is 0 Å². The van der Waals surface area contributed by atoms with Crippen molar-refractivity contribution in [3.05, 3.63) is 6.42 Å². The molecule has 0 rings (SSSR count). The van der Waals surface area contributed by atoms with Crippen LogP contribution in [0.2, 0.25) is 0 Å². The highest BCUT2D eigenvalue weighted by Gasteiger charge is 1.88. The Balaban J connectivity index is 3.27. The highest BCUT2D eigenvalue weighted by molar-refractivity contribution is 5.11. The van der Waals surface area contributed by atoms with Crippen LogP contribution in [0.25, 0.3) is 0 Å². The number of hydrogen-bond acceptors (Lipinski definition) is 0. The first-order valence-corrected chi connectivity index (χ1v) is 2.07. The number of rotatable bonds is 1. The molecule has 0 aromatic carbocycles. The lowest BCUT2D eigenvalue weighted by Gasteiger charge is -1.89. The summed E-state index contributed by atoms with van der Waals surface area (Å²) in [5.74, 6) is 4.93. The average molecular weight is 91.1 g/mol. The van der Waals surface area contributed by atoms with E-state index in [1.807, 2.05) is 6.92 Å². The molecule has 0 fully saturated rings. The fourth-order valence-electron chi connectivity index (χ4n) is 0.192. The molecule has 0 aromatic rings. The van der Waals surface area contributed by atoms with Crippen molar-refractivity contribution in [1.82, 2.24) is 0 Å². The van der Waals surface area contributed by atoms with Crippen LogP contribution in [-0.4, -0.2) is 0 Å². The van der Waals surface area contributed by atoms with E-state index in [2.05, 4.69) is 11.8 Å². The van der Waals surface area contributed by atoms with E-state index in [4.69, 9.17) is 12.8 Å². The quantitative estimate of drug-likeness (QED) is 0.424. The van der Waals surface area contributed by atoms with Gasteiger partial charge in [0.05, 0.1) is 0 Å². The van der Waals surface area contributed by atoms with Gasteiger partial charge in [0.25, 0.3) is 0 Å². The summed E-state index contributed by atoms with van der Waals surface area (Å²) in [6.45, 7) is 1.87. The van der Waals surface area contributed by atoms with Gasteiger partial charge in [-0.3, -0.25) is 0 Å². The molecule has 1 atom stereocenters. The van der Waals surface area contributed by atoms with Crippen molar-refractivity contribution in [3.8, 4) is 24.7 Å². The second-order valence-electron chi connectivity index (χ2n) is 1.29. The van der Waals surface area contributed by atoms with Crippen molar-refractivity contribution in [2.45, 2.75) is 6.92 Å². The number of terminal acetylenes is 2. The van der Waals surface area contributed by atoms with Gasteiger partial charge in [-0.25, -0.2) is 0 Å². The molecular weight excluding hydrogens is 84.1 g/mol. The molecule has 0 aliphatic heterocycles. The predicted octanol–water partition coefficient (Wildman–Crippen LogP) is 1.09. The monoisotopic (exact) mass is 91.1 g/mol. The van der Waals surface area contributed by atoms with Gasteiger partial charge in [-0.2, -0.15) is 0 Å². The minimum atomic E-state index is 0.116. The first kappa shape index (κ1) is 6.12. The smallest absolute Gasteiger partial charge is 0.0484 e. The minimum Gasteiger partial charge on any atom is -0.120 e. The highest BCUT2D eigenvalue weighted by Crippen LogP contribution is 1.93. The van der Waals surface area contributed by atoms with Crippen molar-refractivity contribution < 1.29 is 0 Å². The molecule has 35 valence electrons. The molecule has 7 heavy (non-hydrogen) atoms. The summed E-state index contributed by atoms with van der Waals surface area (Å²) in [5, 5.41) is 0. The zero-order valence-electron chi connectivity index (χ0n) is 4.31. The van der Waals surface area contributed by atoms with E-state index in [0.717, 1.165) is 0 Å². The van der Waals surface area contributed by atoms with E-state index in [1.165, 1.54) is 0 Å². The highest BCUT2D eigenvalue weighted by atomic mass is 13.9. The first-order valence-electron chi connectivity index (χ1n) is 2.07. The summed E-state index contributed by atoms with van der Waals surface area (Å²) in [5.41, 5.74) is 0. The molecule has 1 radical (unpaired) electrons. The van der Waals surface area contributed by atoms with Crippen molar-refractivity contribution in [2.75, 3.05) is 0 Å². The van der Waals surface area contributed by atoms with Gasteiger partial charge in [0, 0.05) is 12.3 Å². The van der Waals surface area contributed by atoms with Gasteiger partial charge in [0.2, 0.25) is 0 Å². The van der Waals surface area contributed by atoms with Crippen molar-refractivity contribution >= 4 is 0 Å². The third kappa shape index (κ3) is 2.94. The van der Waals surface area contributed by atoms with Crippen LogP contribution in [0.1, 0.15) is 6.92 Å². The lowest BCUT2D eigenvalue weighted by Crippen LogP contribution is -1.85. The standard InChI is InChI=1S/C7H7/c1-4-6-7(3)5-2/h1-2,6-7H,3H3. The summed E-state index contributed by atoms with van der Waals surface area (Å²) >= 11 is 0. The van der Waals surface area contributed by atoms with Crippen LogP contribution >= 0.6 is 0 Å². The summed E-state index contributed by atoms with van der Waals surface area (Å²) in [6, 6.07) is 0. The lowest BCUT2D eigenvalue weighted by molar-refractivity contribution is 0.934. The predicted molar refractivity (Wildman–Crippen MR) is 31.1 cm³/mol. The van der Waals surface area contributed by atoms with Crippen LogP contribution in [0.3, 0.4) is 0 Å². The van der Waals surface area contributed by atoms with Gasteiger partial charge in [-0.1, -0.05) is 6.92 Å². The third-order valence-corrected chi connectivity index (χ3v) is 0.609. The van der Waals surface area contributed by atoms with Crippen molar-refractivity contribution in [3.63, 3.8) is 0 Å². The zero-order valence-corrected chi connectivity index (χ0v) is 4.31. The van der Waals surface area contributed by atoms with Gasteiger partial charge in [-0.05, 0) is 0 Å². The van der Waals surface area contributed by atoms with E-state index in [1.54, 1.807) is 6.42 Å². The minimum absolute atomic E-state index is 0.116. The fraction of sp³-hybridized carbons (Fsp3) is 0.286. The Kier molecular flexibility index (Phi) is 2.90. The molecule has 1 unspecified atom stereocenters. The Bertz CT molecular complexity index is 109. The van der Waals surface area contributed by atoms with E-state index in [0.29, 0.717) is 0 Å². The Morgan fingerprint density at radius 3 is 2.29 bits per heavy atom. The molecule has 0 N–H and O–H groups in total. The Hall–Kier alpha value is -0.880. The molecule has 0 nitrogen and oxygen atoms in total. The molecule has 0 heterocycles. The van der Waals surface area contributed by atoms with Crippen LogP contribution in [0.15, 0.2) is 0 Å². The molecule has 0 saturated heterocycles. The van der Waals surface area contributed by atoms with Crippen LogP contribution in [0.5, 0.6) is 0 Å². The second-order valence-corrected chi connectivity index (χ2v) is 1.29. The molecule has 0 bridgehead atoms. The molecule has 0 heteroatoms. The second kappa shape index (κ2) is 3.32. The van der Waals surface area contributed by atoms with Gasteiger partial charge in [0.1, 0.15) is 0 Å². The third-order valence-electron chi connectivity index (χ3n) is 0.609. The Morgan fingerprint density at radius 2 is 2.14 bits per heavy atom. The van der Waals surface area contributed by atoms with Crippen LogP contribution in [0.4, 0.5) is 0 Å². The topological polar surface area (TPSA) is 0 Å². The van der Waals surface area contributed by atoms with Crippen LogP contribution in [0, 0.1) is 37.0 Å². The molecule has 0 saturated carbocycles. The summed E-state index contributed by atoms with van der Waals surface area (Å²) in [4.78, 5) is 0. The molecule has 0 aromatic heterocycles. The SMILES string of the molecule is C#C[CH]C(C)C#C. The maximum atomic E-state index is 4.98. The molecule has 0 aliphatic rings. The van der Waals surface area contributed by atoms with E-state index >= 15 is 0 Å². The van der Waals surface area contributed by atoms with Gasteiger partial charge >= 0.3 is 0 Å². The lowest BCUT2D eigenvalue weighted by atomic mass is 10.1. The van der Waals surface area contributed by atoms with Crippen LogP contribution < -0.4 is 0 Å². The molecule has 0 amide bonds. The zero-order chi connectivity index (χ0) is 5.70. The van der Waals surface area contributed by atoms with Gasteiger partial charge < -0.3 is 0 Å². The first-order chi connectivity index (χ1) is 3.31. The van der Waals surface area contributed by atoms with E-state index in [9.17, 15) is 0 Å². The normalized spacial score (nSPS) is 11.3. The van der Waals surface area contributed by atoms with Crippen molar-refractivity contribution in [2.24, 2.45) is 5.92 Å². The van der Waals surface area contributed by atoms with E-state index < -0.39 is 0 Å². The van der Waals surface area contributed by atoms with Crippen LogP contribution in [-0.2, 0) is 0 Å². The summed E-state index contributed by atoms with van der Waals surface area (Å²) in [6.07, 6.45) is 11.5. The Morgan fingerprint density at radius 1 is 1.57 bits per heavy atom. The molecular formula is C7H7. The summed E-state index contributed by atoms with van der Waals surface area (Å²) < 4.78 is 0.